The second-order valence-electron chi connectivity index (χ2n) is 4.39. The summed E-state index contributed by atoms with van der Waals surface area (Å²) in [5.41, 5.74) is -0.0620. The number of carboxylic acids is 1. The van der Waals surface area contributed by atoms with E-state index in [-0.39, 0.29) is 11.3 Å². The van der Waals surface area contributed by atoms with Crippen LogP contribution >= 0.6 is 0 Å². The molecule has 0 radical (unpaired) electrons. The van der Waals surface area contributed by atoms with Crippen LogP contribution in [0, 0.1) is 12.7 Å². The summed E-state index contributed by atoms with van der Waals surface area (Å²) in [5, 5.41) is 21.0. The molecule has 0 atom stereocenters. The number of aromatic carboxylic acids is 1. The second-order valence-corrected chi connectivity index (χ2v) is 4.39. The number of phenolic OH excluding ortho intramolecular Hbond substituents is 1. The molecular formula is C15H12FNO4. The number of hydrogen-bond donors (Lipinski definition) is 3. The molecule has 2 rings (SSSR count). The first-order valence-corrected chi connectivity index (χ1v) is 6.03. The third kappa shape index (κ3) is 2.84. The summed E-state index contributed by atoms with van der Waals surface area (Å²) in [7, 11) is 0. The Morgan fingerprint density at radius 3 is 2.43 bits per heavy atom. The normalized spacial score (nSPS) is 10.2. The molecule has 2 aromatic rings. The molecule has 0 aliphatic carbocycles. The first kappa shape index (κ1) is 14.5. The maximum absolute atomic E-state index is 13.6. The highest BCUT2D eigenvalue weighted by Crippen LogP contribution is 2.25. The van der Waals surface area contributed by atoms with E-state index in [9.17, 15) is 19.1 Å². The van der Waals surface area contributed by atoms with Crippen LogP contribution < -0.4 is 5.32 Å². The van der Waals surface area contributed by atoms with Crippen molar-refractivity contribution >= 4 is 17.6 Å². The molecule has 0 aliphatic heterocycles. The van der Waals surface area contributed by atoms with E-state index >= 15 is 0 Å². The van der Waals surface area contributed by atoms with Crippen molar-refractivity contribution < 1.29 is 24.2 Å². The Morgan fingerprint density at radius 2 is 1.81 bits per heavy atom. The maximum Gasteiger partial charge on any atom is 0.337 e. The molecule has 0 spiro atoms. The van der Waals surface area contributed by atoms with Gasteiger partial charge in [0.05, 0.1) is 11.3 Å². The molecule has 108 valence electrons. The van der Waals surface area contributed by atoms with E-state index in [2.05, 4.69) is 5.32 Å². The van der Waals surface area contributed by atoms with E-state index < -0.39 is 29.0 Å². The zero-order valence-corrected chi connectivity index (χ0v) is 11.1. The van der Waals surface area contributed by atoms with Gasteiger partial charge in [-0.3, -0.25) is 4.79 Å². The van der Waals surface area contributed by atoms with Crippen LogP contribution in [0.4, 0.5) is 10.1 Å². The van der Waals surface area contributed by atoms with E-state index in [0.717, 1.165) is 6.07 Å². The Labute approximate surface area is 119 Å². The van der Waals surface area contributed by atoms with Gasteiger partial charge >= 0.3 is 5.97 Å². The number of phenols is 1. The average molecular weight is 289 g/mol. The summed E-state index contributed by atoms with van der Waals surface area (Å²) in [6.45, 7) is 1.61. The fourth-order valence-electron chi connectivity index (χ4n) is 1.93. The lowest BCUT2D eigenvalue weighted by Crippen LogP contribution is -2.17. The van der Waals surface area contributed by atoms with Gasteiger partial charge in [-0.25, -0.2) is 9.18 Å². The second kappa shape index (κ2) is 5.62. The molecule has 0 saturated heterocycles. The Morgan fingerprint density at radius 1 is 1.14 bits per heavy atom. The van der Waals surface area contributed by atoms with Crippen molar-refractivity contribution in [1.29, 1.82) is 0 Å². The van der Waals surface area contributed by atoms with Gasteiger partial charge in [-0.1, -0.05) is 18.2 Å². The topological polar surface area (TPSA) is 86.6 Å². The SMILES string of the molecule is Cc1cccc(C(=O)O)c1NC(=O)c1c(O)cccc1F. The van der Waals surface area contributed by atoms with Crippen molar-refractivity contribution in [3.63, 3.8) is 0 Å². The highest BCUT2D eigenvalue weighted by atomic mass is 19.1. The van der Waals surface area contributed by atoms with Crippen LogP contribution in [-0.4, -0.2) is 22.1 Å². The number of hydrogen-bond acceptors (Lipinski definition) is 3. The van der Waals surface area contributed by atoms with Gasteiger partial charge < -0.3 is 15.5 Å². The lowest BCUT2D eigenvalue weighted by molar-refractivity contribution is 0.0698. The number of aromatic hydroxyl groups is 1. The van der Waals surface area contributed by atoms with Gasteiger partial charge in [-0.05, 0) is 30.7 Å². The molecule has 6 heteroatoms. The third-order valence-corrected chi connectivity index (χ3v) is 2.96. The summed E-state index contributed by atoms with van der Waals surface area (Å²) in [5.74, 6) is -3.54. The Hall–Kier alpha value is -2.89. The highest BCUT2D eigenvalue weighted by Gasteiger charge is 2.20. The van der Waals surface area contributed by atoms with Gasteiger partial charge in [0.25, 0.3) is 5.91 Å². The molecule has 0 unspecified atom stereocenters. The molecule has 0 saturated carbocycles. The minimum absolute atomic E-state index is 0.0673. The number of halogens is 1. The summed E-state index contributed by atoms with van der Waals surface area (Å²) in [4.78, 5) is 23.2. The first-order chi connectivity index (χ1) is 9.91. The van der Waals surface area contributed by atoms with Gasteiger partial charge in [-0.2, -0.15) is 0 Å². The number of amides is 1. The van der Waals surface area contributed by atoms with E-state index in [4.69, 9.17) is 5.11 Å². The molecule has 5 nitrogen and oxygen atoms in total. The van der Waals surface area contributed by atoms with Crippen molar-refractivity contribution in [3.05, 3.63) is 58.9 Å². The average Bonchev–Trinajstić information content (AvgIpc) is 2.40. The zero-order chi connectivity index (χ0) is 15.6. The number of carbonyl (C=O) groups is 2. The van der Waals surface area contributed by atoms with E-state index in [0.29, 0.717) is 5.56 Å². The van der Waals surface area contributed by atoms with Crippen LogP contribution in [-0.2, 0) is 0 Å². The number of aryl methyl sites for hydroxylation is 1. The largest absolute Gasteiger partial charge is 0.507 e. The van der Waals surface area contributed by atoms with Crippen LogP contribution in [0.1, 0.15) is 26.3 Å². The van der Waals surface area contributed by atoms with Crippen molar-refractivity contribution in [3.8, 4) is 5.75 Å². The number of carbonyl (C=O) groups excluding carboxylic acids is 1. The Balaban J connectivity index is 2.44. The molecule has 21 heavy (non-hydrogen) atoms. The molecular weight excluding hydrogens is 277 g/mol. The van der Waals surface area contributed by atoms with Crippen LogP contribution in [0.3, 0.4) is 0 Å². The third-order valence-electron chi connectivity index (χ3n) is 2.96. The smallest absolute Gasteiger partial charge is 0.337 e. The fraction of sp³-hybridized carbons (Fsp3) is 0.0667. The quantitative estimate of drug-likeness (QED) is 0.811. The van der Waals surface area contributed by atoms with Crippen LogP contribution in [0.25, 0.3) is 0 Å². The summed E-state index contributed by atoms with van der Waals surface area (Å²) in [6, 6.07) is 7.95. The standard InChI is InChI=1S/C15H12FNO4/c1-8-4-2-5-9(15(20)21)13(8)17-14(19)12-10(16)6-3-7-11(12)18/h2-7,18H,1H3,(H,17,19)(H,20,21). The summed E-state index contributed by atoms with van der Waals surface area (Å²) >= 11 is 0. The number of nitrogens with one attached hydrogen (secondary N) is 1. The van der Waals surface area contributed by atoms with E-state index in [1.165, 1.54) is 24.3 Å². The van der Waals surface area contributed by atoms with Crippen LogP contribution in [0.2, 0.25) is 0 Å². The molecule has 1 amide bonds. The summed E-state index contributed by atoms with van der Waals surface area (Å²) < 4.78 is 13.6. The lowest BCUT2D eigenvalue weighted by atomic mass is 10.1. The van der Waals surface area contributed by atoms with Crippen LogP contribution in [0.5, 0.6) is 5.75 Å². The van der Waals surface area contributed by atoms with Crippen molar-refractivity contribution in [1.82, 2.24) is 0 Å². The lowest BCUT2D eigenvalue weighted by Gasteiger charge is -2.12. The number of benzene rings is 2. The molecule has 0 heterocycles. The minimum atomic E-state index is -1.22. The highest BCUT2D eigenvalue weighted by molar-refractivity contribution is 6.09. The predicted octanol–water partition coefficient (Wildman–Crippen LogP) is 2.79. The van der Waals surface area contributed by atoms with Crippen molar-refractivity contribution in [2.45, 2.75) is 6.92 Å². The van der Waals surface area contributed by atoms with Gasteiger partial charge in [0.1, 0.15) is 17.1 Å². The maximum atomic E-state index is 13.6. The van der Waals surface area contributed by atoms with E-state index in [1.54, 1.807) is 13.0 Å². The van der Waals surface area contributed by atoms with E-state index in [1.807, 2.05) is 0 Å². The summed E-state index contributed by atoms with van der Waals surface area (Å²) in [6.07, 6.45) is 0. The number of anilines is 1. The molecule has 3 N–H and O–H groups in total. The number of rotatable bonds is 3. The molecule has 0 fully saturated rings. The fourth-order valence-corrected chi connectivity index (χ4v) is 1.93. The zero-order valence-electron chi connectivity index (χ0n) is 11.1. The Bertz CT molecular complexity index is 707. The van der Waals surface area contributed by atoms with Gasteiger partial charge in [0.15, 0.2) is 0 Å². The Kier molecular flexibility index (Phi) is 3.89. The molecule has 0 aliphatic rings. The van der Waals surface area contributed by atoms with Gasteiger partial charge in [0, 0.05) is 0 Å². The number of carboxylic acid groups (broad SMARTS) is 1. The van der Waals surface area contributed by atoms with Crippen molar-refractivity contribution in [2.75, 3.05) is 5.32 Å². The molecule has 0 aromatic heterocycles. The number of para-hydroxylation sites is 1. The minimum Gasteiger partial charge on any atom is -0.507 e. The monoisotopic (exact) mass is 289 g/mol. The first-order valence-electron chi connectivity index (χ1n) is 6.03. The predicted molar refractivity (Wildman–Crippen MR) is 74.2 cm³/mol. The molecule has 0 bridgehead atoms. The van der Waals surface area contributed by atoms with Crippen molar-refractivity contribution in [2.24, 2.45) is 0 Å². The van der Waals surface area contributed by atoms with Gasteiger partial charge in [-0.15, -0.1) is 0 Å². The van der Waals surface area contributed by atoms with Crippen LogP contribution in [0.15, 0.2) is 36.4 Å². The van der Waals surface area contributed by atoms with Gasteiger partial charge in [0.2, 0.25) is 0 Å². The molecule has 2 aromatic carbocycles.